The van der Waals surface area contributed by atoms with E-state index in [1.54, 1.807) is 12.1 Å². The number of methoxy groups -OCH3 is 1. The lowest BCUT2D eigenvalue weighted by Crippen LogP contribution is -2.33. The summed E-state index contributed by atoms with van der Waals surface area (Å²) in [6, 6.07) is 4.65. The topological polar surface area (TPSA) is 85.7 Å². The third-order valence-electron chi connectivity index (χ3n) is 3.46. The van der Waals surface area contributed by atoms with Crippen molar-refractivity contribution in [1.82, 2.24) is 5.32 Å². The van der Waals surface area contributed by atoms with Gasteiger partial charge in [-0.05, 0) is 32.0 Å². The first-order valence-corrected chi connectivity index (χ1v) is 7.09. The molecule has 1 aliphatic heterocycles. The molecule has 1 fully saturated rings. The Morgan fingerprint density at radius 2 is 2.19 bits per heavy atom. The molecule has 1 aromatic carbocycles. The highest BCUT2D eigenvalue weighted by molar-refractivity contribution is 5.64. The second-order valence-corrected chi connectivity index (χ2v) is 4.89. The normalized spacial score (nSPS) is 15.7. The van der Waals surface area contributed by atoms with E-state index in [0.717, 1.165) is 25.9 Å². The van der Waals surface area contributed by atoms with E-state index in [4.69, 9.17) is 9.47 Å². The van der Waals surface area contributed by atoms with Crippen LogP contribution in [-0.4, -0.2) is 44.4 Å². The molecule has 116 valence electrons. The number of anilines is 1. The maximum atomic E-state index is 11.0. The van der Waals surface area contributed by atoms with Crippen molar-refractivity contribution in [2.45, 2.75) is 18.9 Å². The van der Waals surface area contributed by atoms with Crippen molar-refractivity contribution in [3.63, 3.8) is 0 Å². The SMILES string of the molecule is COc1ccc([N+](=O)[O-])c(NCCOC2CCNCC2)c1. The van der Waals surface area contributed by atoms with Gasteiger partial charge in [0, 0.05) is 18.7 Å². The molecule has 1 saturated heterocycles. The number of nitrogens with zero attached hydrogens (tertiary/aromatic N) is 1. The standard InChI is InChI=1S/C14H21N3O4/c1-20-12-2-3-14(17(18)19)13(10-12)16-8-9-21-11-4-6-15-7-5-11/h2-3,10-11,15-16H,4-9H2,1H3. The quantitative estimate of drug-likeness (QED) is 0.453. The van der Waals surface area contributed by atoms with E-state index in [1.807, 2.05) is 0 Å². The van der Waals surface area contributed by atoms with Crippen molar-refractivity contribution >= 4 is 11.4 Å². The lowest BCUT2D eigenvalue weighted by Gasteiger charge is -2.23. The maximum absolute atomic E-state index is 11.0. The van der Waals surface area contributed by atoms with Crippen molar-refractivity contribution in [1.29, 1.82) is 0 Å². The Labute approximate surface area is 123 Å². The zero-order valence-corrected chi connectivity index (χ0v) is 12.1. The van der Waals surface area contributed by atoms with Gasteiger partial charge in [-0.25, -0.2) is 0 Å². The van der Waals surface area contributed by atoms with Gasteiger partial charge in [-0.2, -0.15) is 0 Å². The van der Waals surface area contributed by atoms with Gasteiger partial charge in [0.1, 0.15) is 11.4 Å². The monoisotopic (exact) mass is 295 g/mol. The summed E-state index contributed by atoms with van der Waals surface area (Å²) >= 11 is 0. The summed E-state index contributed by atoms with van der Waals surface area (Å²) in [5.41, 5.74) is 0.492. The van der Waals surface area contributed by atoms with Gasteiger partial charge in [-0.3, -0.25) is 10.1 Å². The molecule has 21 heavy (non-hydrogen) atoms. The van der Waals surface area contributed by atoms with E-state index in [-0.39, 0.29) is 11.8 Å². The van der Waals surface area contributed by atoms with Crippen LogP contribution in [0.25, 0.3) is 0 Å². The number of nitro benzene ring substituents is 1. The molecule has 0 amide bonds. The lowest BCUT2D eigenvalue weighted by atomic mass is 10.1. The molecule has 0 atom stereocenters. The summed E-state index contributed by atoms with van der Waals surface area (Å²) in [6.45, 7) is 3.02. The molecule has 1 aromatic rings. The first-order valence-electron chi connectivity index (χ1n) is 7.09. The number of ether oxygens (including phenoxy) is 2. The van der Waals surface area contributed by atoms with Gasteiger partial charge >= 0.3 is 0 Å². The van der Waals surface area contributed by atoms with Crippen LogP contribution in [0.2, 0.25) is 0 Å². The molecular weight excluding hydrogens is 274 g/mol. The number of nitrogens with one attached hydrogen (secondary N) is 2. The van der Waals surface area contributed by atoms with Crippen molar-refractivity contribution < 1.29 is 14.4 Å². The van der Waals surface area contributed by atoms with Crippen LogP contribution in [0.4, 0.5) is 11.4 Å². The molecule has 2 rings (SSSR count). The number of hydrogen-bond donors (Lipinski definition) is 2. The van der Waals surface area contributed by atoms with Gasteiger partial charge < -0.3 is 20.1 Å². The predicted octanol–water partition coefficient (Wildman–Crippen LogP) is 1.78. The Balaban J connectivity index is 1.84. The third kappa shape index (κ3) is 4.57. The average molecular weight is 295 g/mol. The molecule has 0 radical (unpaired) electrons. The molecule has 1 aliphatic rings. The van der Waals surface area contributed by atoms with Gasteiger partial charge in [0.2, 0.25) is 0 Å². The van der Waals surface area contributed by atoms with Crippen LogP contribution in [-0.2, 0) is 4.74 Å². The minimum atomic E-state index is -0.407. The van der Waals surface area contributed by atoms with Gasteiger partial charge in [0.15, 0.2) is 0 Å². The number of benzene rings is 1. The van der Waals surface area contributed by atoms with Gasteiger partial charge in [-0.1, -0.05) is 0 Å². The minimum Gasteiger partial charge on any atom is -0.497 e. The predicted molar refractivity (Wildman–Crippen MR) is 80.0 cm³/mol. The van der Waals surface area contributed by atoms with E-state index < -0.39 is 4.92 Å². The average Bonchev–Trinajstić information content (AvgIpc) is 2.52. The highest BCUT2D eigenvalue weighted by Crippen LogP contribution is 2.28. The highest BCUT2D eigenvalue weighted by atomic mass is 16.6. The first-order chi connectivity index (χ1) is 10.2. The van der Waals surface area contributed by atoms with Gasteiger partial charge in [-0.15, -0.1) is 0 Å². The van der Waals surface area contributed by atoms with Crippen molar-refractivity contribution in [3.8, 4) is 5.75 Å². The van der Waals surface area contributed by atoms with Crippen LogP contribution in [0.1, 0.15) is 12.8 Å². The van der Waals surface area contributed by atoms with Gasteiger partial charge in [0.05, 0.1) is 24.7 Å². The Hall–Kier alpha value is -1.86. The van der Waals surface area contributed by atoms with E-state index >= 15 is 0 Å². The molecule has 7 nitrogen and oxygen atoms in total. The fraction of sp³-hybridized carbons (Fsp3) is 0.571. The van der Waals surface area contributed by atoms with E-state index in [0.29, 0.717) is 24.6 Å². The summed E-state index contributed by atoms with van der Waals surface area (Å²) in [5, 5.41) is 17.3. The second-order valence-electron chi connectivity index (χ2n) is 4.89. The van der Waals surface area contributed by atoms with E-state index in [9.17, 15) is 10.1 Å². The molecule has 0 aliphatic carbocycles. The van der Waals surface area contributed by atoms with Crippen LogP contribution in [0.5, 0.6) is 5.75 Å². The highest BCUT2D eigenvalue weighted by Gasteiger charge is 2.15. The summed E-state index contributed by atoms with van der Waals surface area (Å²) in [5.74, 6) is 0.586. The zero-order valence-electron chi connectivity index (χ0n) is 12.1. The van der Waals surface area contributed by atoms with Crippen LogP contribution in [0, 0.1) is 10.1 Å². The lowest BCUT2D eigenvalue weighted by molar-refractivity contribution is -0.384. The summed E-state index contributed by atoms with van der Waals surface area (Å²) in [7, 11) is 1.53. The van der Waals surface area contributed by atoms with E-state index in [1.165, 1.54) is 13.2 Å². The van der Waals surface area contributed by atoms with Crippen LogP contribution in [0.3, 0.4) is 0 Å². The molecule has 0 saturated carbocycles. The molecule has 1 heterocycles. The molecule has 0 bridgehead atoms. The summed E-state index contributed by atoms with van der Waals surface area (Å²) in [6.07, 6.45) is 2.31. The van der Waals surface area contributed by atoms with Gasteiger partial charge in [0.25, 0.3) is 5.69 Å². The number of rotatable bonds is 7. The second kappa shape index (κ2) is 7.80. The van der Waals surface area contributed by atoms with E-state index in [2.05, 4.69) is 10.6 Å². The van der Waals surface area contributed by atoms with Crippen molar-refractivity contribution in [2.75, 3.05) is 38.7 Å². The molecular formula is C14H21N3O4. The van der Waals surface area contributed by atoms with Crippen LogP contribution < -0.4 is 15.4 Å². The fourth-order valence-electron chi connectivity index (χ4n) is 2.32. The largest absolute Gasteiger partial charge is 0.497 e. The number of nitro groups is 1. The Morgan fingerprint density at radius 1 is 1.43 bits per heavy atom. The minimum absolute atomic E-state index is 0.0395. The Morgan fingerprint density at radius 3 is 2.86 bits per heavy atom. The summed E-state index contributed by atoms with van der Waals surface area (Å²) < 4.78 is 10.8. The summed E-state index contributed by atoms with van der Waals surface area (Å²) in [4.78, 5) is 10.6. The molecule has 0 spiro atoms. The molecule has 7 heteroatoms. The molecule has 0 aromatic heterocycles. The first kappa shape index (κ1) is 15.5. The number of piperidine rings is 1. The molecule has 2 N–H and O–H groups in total. The fourth-order valence-corrected chi connectivity index (χ4v) is 2.32. The van der Waals surface area contributed by atoms with Crippen molar-refractivity contribution in [2.24, 2.45) is 0 Å². The Bertz CT molecular complexity index is 475. The Kier molecular flexibility index (Phi) is 5.77. The third-order valence-corrected chi connectivity index (χ3v) is 3.46. The smallest absolute Gasteiger partial charge is 0.292 e. The van der Waals surface area contributed by atoms with Crippen LogP contribution in [0.15, 0.2) is 18.2 Å². The van der Waals surface area contributed by atoms with Crippen molar-refractivity contribution in [3.05, 3.63) is 28.3 Å². The number of hydrogen-bond acceptors (Lipinski definition) is 6. The zero-order chi connectivity index (χ0) is 15.1. The molecule has 0 unspecified atom stereocenters. The maximum Gasteiger partial charge on any atom is 0.292 e. The van der Waals surface area contributed by atoms with Crippen LogP contribution >= 0.6 is 0 Å².